The molecule has 6 nitrogen and oxygen atoms in total. The van der Waals surface area contributed by atoms with E-state index < -0.39 is 11.8 Å². The van der Waals surface area contributed by atoms with E-state index in [9.17, 15) is 18.8 Å². The van der Waals surface area contributed by atoms with Crippen molar-refractivity contribution in [3.63, 3.8) is 0 Å². The first-order valence-corrected chi connectivity index (χ1v) is 7.45. The Bertz CT molecular complexity index is 786. The third-order valence-corrected chi connectivity index (χ3v) is 3.07. The molecule has 25 heavy (non-hydrogen) atoms. The van der Waals surface area contributed by atoms with Crippen LogP contribution in [0, 0.1) is 5.82 Å². The summed E-state index contributed by atoms with van der Waals surface area (Å²) in [4.78, 5) is 34.7. The number of ether oxygens (including phenoxy) is 1. The molecule has 2 aromatic carbocycles. The molecular formula is C18H17FN2O4. The number of rotatable bonds is 5. The lowest BCUT2D eigenvalue weighted by Gasteiger charge is -2.11. The van der Waals surface area contributed by atoms with Crippen LogP contribution in [0.15, 0.2) is 42.5 Å². The van der Waals surface area contributed by atoms with E-state index >= 15 is 0 Å². The maximum atomic E-state index is 13.1. The van der Waals surface area contributed by atoms with Gasteiger partial charge in [-0.2, -0.15) is 0 Å². The summed E-state index contributed by atoms with van der Waals surface area (Å²) >= 11 is 0. The van der Waals surface area contributed by atoms with Gasteiger partial charge in [-0.15, -0.1) is 0 Å². The molecule has 0 saturated carbocycles. The largest absolute Gasteiger partial charge is 0.457 e. The Morgan fingerprint density at radius 2 is 1.56 bits per heavy atom. The second-order valence-electron chi connectivity index (χ2n) is 5.37. The lowest BCUT2D eigenvalue weighted by Crippen LogP contribution is -2.12. The number of hydrogen-bond donors (Lipinski definition) is 2. The molecule has 0 aliphatic heterocycles. The van der Waals surface area contributed by atoms with Crippen molar-refractivity contribution < 1.29 is 23.5 Å². The molecular weight excluding hydrogens is 327 g/mol. The SMILES string of the molecule is CC(=O)Nc1cc(NC(C)=O)cc(C(=O)OCc2cccc(F)c2)c1. The van der Waals surface area contributed by atoms with Gasteiger partial charge < -0.3 is 15.4 Å². The summed E-state index contributed by atoms with van der Waals surface area (Å²) in [5.41, 5.74) is 1.34. The number of esters is 1. The second kappa shape index (κ2) is 8.05. The molecule has 7 heteroatoms. The summed E-state index contributed by atoms with van der Waals surface area (Å²) in [6, 6.07) is 10.1. The van der Waals surface area contributed by atoms with Gasteiger partial charge in [-0.25, -0.2) is 9.18 Å². The maximum absolute atomic E-state index is 13.1. The molecule has 0 saturated heterocycles. The molecule has 2 rings (SSSR count). The van der Waals surface area contributed by atoms with E-state index in [1.807, 2.05) is 0 Å². The van der Waals surface area contributed by atoms with Crippen molar-refractivity contribution in [3.05, 3.63) is 59.4 Å². The number of nitrogens with one attached hydrogen (secondary N) is 2. The molecule has 2 N–H and O–H groups in total. The molecule has 0 aliphatic carbocycles. The Balaban J connectivity index is 2.18. The molecule has 0 atom stereocenters. The first-order chi connectivity index (χ1) is 11.8. The van der Waals surface area contributed by atoms with Gasteiger partial charge in [0.25, 0.3) is 0 Å². The highest BCUT2D eigenvalue weighted by Gasteiger charge is 2.12. The van der Waals surface area contributed by atoms with Crippen LogP contribution in [0.1, 0.15) is 29.8 Å². The fraction of sp³-hybridized carbons (Fsp3) is 0.167. The van der Waals surface area contributed by atoms with E-state index in [1.54, 1.807) is 6.07 Å². The van der Waals surface area contributed by atoms with Crippen molar-refractivity contribution in [2.45, 2.75) is 20.5 Å². The summed E-state index contributed by atoms with van der Waals surface area (Å²) in [5.74, 6) is -1.73. The Morgan fingerprint density at radius 1 is 0.960 bits per heavy atom. The van der Waals surface area contributed by atoms with Crippen molar-refractivity contribution >= 4 is 29.2 Å². The van der Waals surface area contributed by atoms with Crippen molar-refractivity contribution in [1.82, 2.24) is 0 Å². The fourth-order valence-corrected chi connectivity index (χ4v) is 2.16. The van der Waals surface area contributed by atoms with Crippen LogP contribution in [-0.2, 0) is 20.9 Å². The van der Waals surface area contributed by atoms with E-state index in [4.69, 9.17) is 4.74 Å². The highest BCUT2D eigenvalue weighted by Crippen LogP contribution is 2.20. The van der Waals surface area contributed by atoms with Crippen LogP contribution in [-0.4, -0.2) is 17.8 Å². The smallest absolute Gasteiger partial charge is 0.338 e. The van der Waals surface area contributed by atoms with Crippen LogP contribution in [0.2, 0.25) is 0 Å². The third-order valence-electron chi connectivity index (χ3n) is 3.07. The molecule has 0 unspecified atom stereocenters. The molecule has 130 valence electrons. The van der Waals surface area contributed by atoms with Gasteiger partial charge in [-0.3, -0.25) is 9.59 Å². The molecule has 2 aromatic rings. The summed E-state index contributed by atoms with van der Waals surface area (Å²) in [5, 5.41) is 5.09. The first kappa shape index (κ1) is 18.1. The number of anilines is 2. The number of carbonyl (C=O) groups excluding carboxylic acids is 3. The highest BCUT2D eigenvalue weighted by molar-refractivity contribution is 5.97. The van der Waals surface area contributed by atoms with E-state index in [0.717, 1.165) is 0 Å². The Morgan fingerprint density at radius 3 is 2.08 bits per heavy atom. The van der Waals surface area contributed by atoms with Crippen LogP contribution in [0.3, 0.4) is 0 Å². The van der Waals surface area contributed by atoms with Crippen LogP contribution in [0.4, 0.5) is 15.8 Å². The second-order valence-corrected chi connectivity index (χ2v) is 5.37. The molecule has 0 aliphatic rings. The summed E-state index contributed by atoms with van der Waals surface area (Å²) in [6.07, 6.45) is 0. The minimum absolute atomic E-state index is 0.101. The minimum atomic E-state index is -0.664. The van der Waals surface area contributed by atoms with Gasteiger partial charge in [0.1, 0.15) is 12.4 Å². The van der Waals surface area contributed by atoms with E-state index in [-0.39, 0.29) is 24.0 Å². The third kappa shape index (κ3) is 5.72. The standard InChI is InChI=1S/C18H17FN2O4/c1-11(22)20-16-7-14(8-17(9-16)21-12(2)23)18(24)25-10-13-4-3-5-15(19)6-13/h3-9H,10H2,1-2H3,(H,20,22)(H,21,23). The van der Waals surface area contributed by atoms with Crippen LogP contribution in [0.25, 0.3) is 0 Å². The molecule has 0 aromatic heterocycles. The molecule has 0 fully saturated rings. The average molecular weight is 344 g/mol. The maximum Gasteiger partial charge on any atom is 0.338 e. The summed E-state index contributed by atoms with van der Waals surface area (Å²) in [6.45, 7) is 2.55. The number of halogens is 1. The van der Waals surface area contributed by atoms with Gasteiger partial charge >= 0.3 is 5.97 Å². The fourth-order valence-electron chi connectivity index (χ4n) is 2.16. The van der Waals surface area contributed by atoms with Crippen LogP contribution >= 0.6 is 0 Å². The predicted molar refractivity (Wildman–Crippen MR) is 90.6 cm³/mol. The van der Waals surface area contributed by atoms with Gasteiger partial charge in [0.15, 0.2) is 0 Å². The zero-order chi connectivity index (χ0) is 18.4. The summed E-state index contributed by atoms with van der Waals surface area (Å²) < 4.78 is 18.3. The van der Waals surface area contributed by atoms with Gasteiger partial charge in [-0.05, 0) is 35.9 Å². The Labute approximate surface area is 144 Å². The Kier molecular flexibility index (Phi) is 5.84. The lowest BCUT2D eigenvalue weighted by atomic mass is 10.1. The quantitative estimate of drug-likeness (QED) is 0.816. The van der Waals surface area contributed by atoms with Crippen molar-refractivity contribution in [1.29, 1.82) is 0 Å². The van der Waals surface area contributed by atoms with E-state index in [1.165, 1.54) is 50.2 Å². The monoisotopic (exact) mass is 344 g/mol. The molecule has 0 bridgehead atoms. The number of hydrogen-bond acceptors (Lipinski definition) is 4. The van der Waals surface area contributed by atoms with Crippen molar-refractivity contribution in [2.75, 3.05) is 10.6 Å². The number of amides is 2. The van der Waals surface area contributed by atoms with Gasteiger partial charge in [-0.1, -0.05) is 12.1 Å². The lowest BCUT2D eigenvalue weighted by molar-refractivity contribution is -0.115. The van der Waals surface area contributed by atoms with Crippen molar-refractivity contribution in [2.24, 2.45) is 0 Å². The van der Waals surface area contributed by atoms with Gasteiger partial charge in [0.2, 0.25) is 11.8 Å². The first-order valence-electron chi connectivity index (χ1n) is 7.45. The normalized spacial score (nSPS) is 10.0. The zero-order valence-corrected chi connectivity index (χ0v) is 13.8. The van der Waals surface area contributed by atoms with Crippen molar-refractivity contribution in [3.8, 4) is 0 Å². The topological polar surface area (TPSA) is 84.5 Å². The summed E-state index contributed by atoms with van der Waals surface area (Å²) in [7, 11) is 0. The van der Waals surface area contributed by atoms with Crippen LogP contribution in [0.5, 0.6) is 0 Å². The number of benzene rings is 2. The van der Waals surface area contributed by atoms with E-state index in [2.05, 4.69) is 10.6 Å². The molecule has 0 heterocycles. The average Bonchev–Trinajstić information content (AvgIpc) is 2.51. The molecule has 0 radical (unpaired) electrons. The van der Waals surface area contributed by atoms with Gasteiger partial charge in [0, 0.05) is 25.2 Å². The number of carbonyl (C=O) groups is 3. The van der Waals surface area contributed by atoms with Gasteiger partial charge in [0.05, 0.1) is 5.56 Å². The highest BCUT2D eigenvalue weighted by atomic mass is 19.1. The molecule has 2 amide bonds. The zero-order valence-electron chi connectivity index (χ0n) is 13.8. The Hall–Kier alpha value is -3.22. The predicted octanol–water partition coefficient (Wildman–Crippen LogP) is 3.10. The molecule has 0 spiro atoms. The minimum Gasteiger partial charge on any atom is -0.457 e. The van der Waals surface area contributed by atoms with Crippen LogP contribution < -0.4 is 10.6 Å². The van der Waals surface area contributed by atoms with E-state index in [0.29, 0.717) is 16.9 Å².